The summed E-state index contributed by atoms with van der Waals surface area (Å²) in [6, 6.07) is 0. The second-order valence-electron chi connectivity index (χ2n) is 0. The van der Waals surface area contributed by atoms with Gasteiger partial charge in [-0.2, -0.15) is 0 Å². The summed E-state index contributed by atoms with van der Waals surface area (Å²) < 4.78 is 0. The predicted molar refractivity (Wildman–Crippen MR) is 18.5 cm³/mol. The van der Waals surface area contributed by atoms with Crippen LogP contribution in [0.3, 0.4) is 0 Å². The Bertz CT molecular complexity index is 11.6. The van der Waals surface area contributed by atoms with Crippen molar-refractivity contribution < 1.29 is 53.5 Å². The van der Waals surface area contributed by atoms with Crippen LogP contribution in [-0.2, 0) is 53.5 Å². The topological polar surface area (TPSA) is 0 Å². The zero-order valence-corrected chi connectivity index (χ0v) is 8.56. The molecule has 31 valence electrons. The van der Waals surface area contributed by atoms with Crippen LogP contribution in [0.2, 0.25) is 0 Å². The van der Waals surface area contributed by atoms with Crippen molar-refractivity contribution in [1.29, 1.82) is 0 Å². The van der Waals surface area contributed by atoms with Gasteiger partial charge < -0.3 is 0 Å². The van der Waals surface area contributed by atoms with Crippen molar-refractivity contribution in [2.24, 2.45) is 0 Å². The maximum absolute atomic E-state index is 2.09. The van der Waals surface area contributed by atoms with Gasteiger partial charge in [0.05, 0.1) is 0 Å². The first-order chi connectivity index (χ1) is 1.00. The van der Waals surface area contributed by atoms with Gasteiger partial charge in [-0.25, -0.2) is 0 Å². The fraction of sp³-hybridized carbons (Fsp3) is 0. The van der Waals surface area contributed by atoms with Crippen molar-refractivity contribution >= 4 is 31.3 Å². The molecule has 5 heteroatoms. The molecule has 0 fully saturated rings. The van der Waals surface area contributed by atoms with Crippen LogP contribution >= 0.6 is 0 Å². The molecule has 5 heavy (non-hydrogen) atoms. The minimum atomic E-state index is 0. The van der Waals surface area contributed by atoms with Crippen molar-refractivity contribution in [2.45, 2.75) is 0 Å². The first-order valence-corrected chi connectivity index (χ1v) is 7.25. The summed E-state index contributed by atoms with van der Waals surface area (Å²) in [7, 11) is 1.32. The maximum atomic E-state index is 2.09. The second-order valence-corrected chi connectivity index (χ2v) is 0. The third-order valence-corrected chi connectivity index (χ3v) is 0. The fourth-order valence-electron chi connectivity index (χ4n) is 0. The Morgan fingerprint density at radius 1 is 1.20 bits per heavy atom. The first kappa shape index (κ1) is 25.2. The third kappa shape index (κ3) is 20.2. The van der Waals surface area contributed by atoms with Gasteiger partial charge in [0.1, 0.15) is 0 Å². The van der Waals surface area contributed by atoms with E-state index in [1.54, 1.807) is 0 Å². The van der Waals surface area contributed by atoms with Gasteiger partial charge in [-0.1, -0.05) is 0 Å². The summed E-state index contributed by atoms with van der Waals surface area (Å²) in [6.07, 6.45) is 0. The quantitative estimate of drug-likeness (QED) is 0.438. The average Bonchev–Trinajstić information content (AvgIpc) is 1.00. The van der Waals surface area contributed by atoms with E-state index in [4.69, 9.17) is 0 Å². The van der Waals surface area contributed by atoms with Crippen LogP contribution in [0.15, 0.2) is 0 Å². The molecular weight excluding hydrogens is 256 g/mol. The number of rotatable bonds is 0. The van der Waals surface area contributed by atoms with Crippen LogP contribution in [0.25, 0.3) is 0 Å². The Balaban J connectivity index is -0.00000000167. The molecule has 0 amide bonds. The summed E-state index contributed by atoms with van der Waals surface area (Å²) >= 11 is 2.09. The van der Waals surface area contributed by atoms with E-state index >= 15 is 0 Å². The molecule has 0 aliphatic carbocycles. The Labute approximate surface area is 83.5 Å². The summed E-state index contributed by atoms with van der Waals surface area (Å²) in [4.78, 5) is 0. The van der Waals surface area contributed by atoms with Gasteiger partial charge in [-0.3, -0.25) is 0 Å². The Kier molecular flexibility index (Phi) is 150. The number of hydrogen-bond acceptors (Lipinski definition) is 0. The van der Waals surface area contributed by atoms with Gasteiger partial charge in [-0.15, -0.1) is 0 Å². The van der Waals surface area contributed by atoms with Gasteiger partial charge in [0, 0.05) is 34.4 Å². The van der Waals surface area contributed by atoms with Crippen molar-refractivity contribution in [1.82, 2.24) is 0 Å². The van der Waals surface area contributed by atoms with Crippen molar-refractivity contribution in [3.8, 4) is 0 Å². The Morgan fingerprint density at radius 3 is 1.20 bits per heavy atom. The van der Waals surface area contributed by atoms with E-state index in [-0.39, 0.29) is 57.5 Å². The van der Waals surface area contributed by atoms with E-state index in [2.05, 4.69) is 19.1 Å². The second kappa shape index (κ2) is 29.7. The minimum absolute atomic E-state index is 0. The molecule has 0 atom stereocenters. The van der Waals surface area contributed by atoms with Crippen LogP contribution < -0.4 is 0 Å². The van der Waals surface area contributed by atoms with Gasteiger partial charge in [0.15, 0.2) is 0 Å². The standard InChI is InChI=1S/Cr.Fe.Mg.Mo.H3Si.2H/h;;;;1H3;;. The molecule has 0 aliphatic heterocycles. The van der Waals surface area contributed by atoms with Crippen LogP contribution in [-0.4, -0.2) is 31.3 Å². The van der Waals surface area contributed by atoms with E-state index in [9.17, 15) is 0 Å². The van der Waals surface area contributed by atoms with Gasteiger partial charge in [0.25, 0.3) is 0 Å². The predicted octanol–water partition coefficient (Wildman–Crippen LogP) is -2.11. The molecule has 0 saturated carbocycles. The zero-order chi connectivity index (χ0) is 2.00. The molecule has 0 nitrogen and oxygen atoms in total. The van der Waals surface area contributed by atoms with E-state index in [1.807, 2.05) is 0 Å². The zero-order valence-electron chi connectivity index (χ0n) is 2.17. The molecule has 0 bridgehead atoms. The fourth-order valence-corrected chi connectivity index (χ4v) is 0. The van der Waals surface area contributed by atoms with E-state index in [0.717, 1.165) is 0 Å². The summed E-state index contributed by atoms with van der Waals surface area (Å²) in [5, 5.41) is 0. The molecule has 0 spiro atoms. The molecule has 0 saturated heterocycles. The van der Waals surface area contributed by atoms with Crippen LogP contribution in [0.4, 0.5) is 0 Å². The van der Waals surface area contributed by atoms with Crippen LogP contribution in [0.1, 0.15) is 0 Å². The molecule has 0 aromatic heterocycles. The third-order valence-electron chi connectivity index (χ3n) is 0. The van der Waals surface area contributed by atoms with Crippen LogP contribution in [0.5, 0.6) is 0 Å². The van der Waals surface area contributed by atoms with Crippen LogP contribution in [0, 0.1) is 0 Å². The Morgan fingerprint density at radius 2 is 1.20 bits per heavy atom. The molecule has 0 aromatic carbocycles. The molecular formula is H5CrFeMgMoSi. The molecule has 0 radical (unpaired) electrons. The summed E-state index contributed by atoms with van der Waals surface area (Å²) in [5.74, 6) is 0. The van der Waals surface area contributed by atoms with E-state index in [0.29, 0.717) is 0 Å². The normalized spacial score (nSPS) is 1.60. The molecule has 0 heterocycles. The molecule has 0 N–H and O–H groups in total. The summed E-state index contributed by atoms with van der Waals surface area (Å²) in [6.45, 7) is 0. The summed E-state index contributed by atoms with van der Waals surface area (Å²) in [5.41, 5.74) is 0. The molecule has 0 rings (SSSR count). The van der Waals surface area contributed by atoms with E-state index in [1.165, 1.54) is 8.21 Å². The van der Waals surface area contributed by atoms with Crippen molar-refractivity contribution in [3.63, 3.8) is 0 Å². The van der Waals surface area contributed by atoms with Gasteiger partial charge in [-0.05, 0) is 0 Å². The first-order valence-electron chi connectivity index (χ1n) is 0.408. The van der Waals surface area contributed by atoms with Crippen molar-refractivity contribution in [3.05, 3.63) is 0 Å². The Hall–Kier alpha value is 2.72. The SMILES string of the molecule is [Cr].[Fe].[MgH2].[SiH3][Mo]. The van der Waals surface area contributed by atoms with Crippen molar-refractivity contribution in [2.75, 3.05) is 0 Å². The number of hydrogen-bond donors (Lipinski definition) is 0. The molecule has 0 aliphatic rings. The van der Waals surface area contributed by atoms with E-state index < -0.39 is 0 Å². The molecule has 0 aromatic rings. The molecule has 0 unspecified atom stereocenters. The van der Waals surface area contributed by atoms with Gasteiger partial charge >= 0.3 is 50.3 Å². The van der Waals surface area contributed by atoms with Gasteiger partial charge in [0.2, 0.25) is 0 Å². The monoisotopic (exact) mass is 263 g/mol. The average molecular weight is 261 g/mol.